The summed E-state index contributed by atoms with van der Waals surface area (Å²) in [6, 6.07) is 9.59. The van der Waals surface area contributed by atoms with Gasteiger partial charge in [-0.2, -0.15) is 0 Å². The van der Waals surface area contributed by atoms with Crippen molar-refractivity contribution in [2.75, 3.05) is 13.2 Å². The van der Waals surface area contributed by atoms with Crippen molar-refractivity contribution in [1.82, 2.24) is 0 Å². The first-order valence-corrected chi connectivity index (χ1v) is 7.49. The Morgan fingerprint density at radius 1 is 1.23 bits per heavy atom. The van der Waals surface area contributed by atoms with Crippen LogP contribution >= 0.6 is 11.3 Å². The number of hydrogen-bond donors (Lipinski definition) is 2. The van der Waals surface area contributed by atoms with E-state index in [-0.39, 0.29) is 17.4 Å². The van der Waals surface area contributed by atoms with Gasteiger partial charge in [0, 0.05) is 10.1 Å². The van der Waals surface area contributed by atoms with Crippen molar-refractivity contribution < 1.29 is 19.3 Å². The maximum atomic E-state index is 14.1. The molecule has 6 heteroatoms. The SMILES string of the molecule is O=c1c2ccccc2sc2c(OCC(O)CO)ccc(F)c12. The van der Waals surface area contributed by atoms with Gasteiger partial charge in [-0.1, -0.05) is 12.1 Å². The van der Waals surface area contributed by atoms with Crippen molar-refractivity contribution in [3.8, 4) is 5.75 Å². The van der Waals surface area contributed by atoms with Crippen molar-refractivity contribution in [3.63, 3.8) is 0 Å². The third-order valence-electron chi connectivity index (χ3n) is 3.28. The van der Waals surface area contributed by atoms with Crippen LogP contribution in [0.2, 0.25) is 0 Å². The molecule has 0 aliphatic heterocycles. The molecular formula is C16H13FO4S. The minimum Gasteiger partial charge on any atom is -0.489 e. The second-order valence-electron chi connectivity index (χ2n) is 4.82. The minimum absolute atomic E-state index is 0.0142. The monoisotopic (exact) mass is 320 g/mol. The highest BCUT2D eigenvalue weighted by molar-refractivity contribution is 7.24. The maximum absolute atomic E-state index is 14.1. The first kappa shape index (κ1) is 14.9. The fraction of sp³-hybridized carbons (Fsp3) is 0.188. The summed E-state index contributed by atoms with van der Waals surface area (Å²) in [5.41, 5.74) is -0.380. The largest absolute Gasteiger partial charge is 0.489 e. The zero-order valence-electron chi connectivity index (χ0n) is 11.5. The molecule has 1 unspecified atom stereocenters. The lowest BCUT2D eigenvalue weighted by Crippen LogP contribution is -2.21. The highest BCUT2D eigenvalue weighted by atomic mass is 32.1. The predicted molar refractivity (Wildman–Crippen MR) is 84.1 cm³/mol. The Labute approximate surface area is 129 Å². The molecule has 0 aliphatic carbocycles. The molecule has 0 fully saturated rings. The van der Waals surface area contributed by atoms with Crippen molar-refractivity contribution in [2.45, 2.75) is 6.10 Å². The van der Waals surface area contributed by atoms with Gasteiger partial charge in [0.25, 0.3) is 0 Å². The molecule has 3 rings (SSSR count). The van der Waals surface area contributed by atoms with Crippen molar-refractivity contribution in [1.29, 1.82) is 0 Å². The highest BCUT2D eigenvalue weighted by Gasteiger charge is 2.15. The van der Waals surface area contributed by atoms with Crippen molar-refractivity contribution in [3.05, 3.63) is 52.4 Å². The molecule has 1 heterocycles. The van der Waals surface area contributed by atoms with Gasteiger partial charge >= 0.3 is 0 Å². The maximum Gasteiger partial charge on any atom is 0.198 e. The van der Waals surface area contributed by atoms with Crippen LogP contribution in [0.5, 0.6) is 5.75 Å². The smallest absolute Gasteiger partial charge is 0.198 e. The van der Waals surface area contributed by atoms with Crippen molar-refractivity contribution in [2.24, 2.45) is 0 Å². The number of rotatable bonds is 4. The predicted octanol–water partition coefficient (Wildman–Crippen LogP) is 2.29. The van der Waals surface area contributed by atoms with E-state index in [0.717, 1.165) is 4.70 Å². The van der Waals surface area contributed by atoms with Crippen LogP contribution in [0.4, 0.5) is 4.39 Å². The van der Waals surface area contributed by atoms with Gasteiger partial charge in [0.2, 0.25) is 0 Å². The van der Waals surface area contributed by atoms with Gasteiger partial charge in [0.1, 0.15) is 24.3 Å². The summed E-state index contributed by atoms with van der Waals surface area (Å²) in [4.78, 5) is 12.5. The Morgan fingerprint density at radius 3 is 2.77 bits per heavy atom. The Kier molecular flexibility index (Phi) is 4.06. The van der Waals surface area contributed by atoms with Gasteiger partial charge in [0.05, 0.1) is 16.7 Å². The lowest BCUT2D eigenvalue weighted by molar-refractivity contribution is 0.0541. The molecule has 0 saturated heterocycles. The molecule has 114 valence electrons. The molecule has 3 aromatic rings. The lowest BCUT2D eigenvalue weighted by atomic mass is 10.1. The summed E-state index contributed by atoms with van der Waals surface area (Å²) in [6.45, 7) is -0.566. The van der Waals surface area contributed by atoms with Gasteiger partial charge in [-0.25, -0.2) is 4.39 Å². The van der Waals surface area contributed by atoms with Crippen LogP contribution in [-0.2, 0) is 0 Å². The third-order valence-corrected chi connectivity index (χ3v) is 4.47. The number of halogens is 1. The van der Waals surface area contributed by atoms with E-state index in [1.165, 1.54) is 23.5 Å². The number of fused-ring (bicyclic) bond motifs is 2. The summed E-state index contributed by atoms with van der Waals surface area (Å²) in [5, 5.41) is 18.6. The number of aliphatic hydroxyl groups is 2. The summed E-state index contributed by atoms with van der Waals surface area (Å²) in [6.07, 6.45) is -1.03. The number of aliphatic hydroxyl groups excluding tert-OH is 2. The van der Waals surface area contributed by atoms with E-state index in [2.05, 4.69) is 0 Å². The molecule has 0 spiro atoms. The van der Waals surface area contributed by atoms with Crippen LogP contribution < -0.4 is 10.2 Å². The Bertz CT molecular complexity index is 890. The second-order valence-corrected chi connectivity index (χ2v) is 5.88. The summed E-state index contributed by atoms with van der Waals surface area (Å²) < 4.78 is 20.6. The van der Waals surface area contributed by atoms with Crippen LogP contribution in [0.15, 0.2) is 41.2 Å². The normalized spacial score (nSPS) is 12.7. The average Bonchev–Trinajstić information content (AvgIpc) is 2.54. The molecule has 1 aromatic heterocycles. The molecule has 2 N–H and O–H groups in total. The molecule has 2 aromatic carbocycles. The van der Waals surface area contributed by atoms with Crippen LogP contribution in [0.3, 0.4) is 0 Å². The Balaban J connectivity index is 2.23. The number of hydrogen-bond acceptors (Lipinski definition) is 5. The minimum atomic E-state index is -1.03. The van der Waals surface area contributed by atoms with Crippen LogP contribution in [-0.4, -0.2) is 29.5 Å². The third kappa shape index (κ3) is 2.56. The molecule has 0 radical (unpaired) electrons. The van der Waals surface area contributed by atoms with Gasteiger partial charge in [0.15, 0.2) is 5.43 Å². The molecule has 0 aliphatic rings. The summed E-state index contributed by atoms with van der Waals surface area (Å²) in [7, 11) is 0. The highest BCUT2D eigenvalue weighted by Crippen LogP contribution is 2.33. The van der Waals surface area contributed by atoms with E-state index in [9.17, 15) is 14.3 Å². The summed E-state index contributed by atoms with van der Waals surface area (Å²) >= 11 is 1.26. The molecule has 1 atom stereocenters. The van der Waals surface area contributed by atoms with Gasteiger partial charge in [-0.05, 0) is 24.3 Å². The molecule has 0 bridgehead atoms. The van der Waals surface area contributed by atoms with Crippen LogP contribution in [0.25, 0.3) is 20.2 Å². The van der Waals surface area contributed by atoms with E-state index in [1.807, 2.05) is 0 Å². The topological polar surface area (TPSA) is 66.8 Å². The standard InChI is InChI=1S/C16H13FO4S/c17-11-5-6-12(21-8-9(19)7-18)16-14(11)15(20)10-3-1-2-4-13(10)22-16/h1-6,9,18-19H,7-8H2. The molecule has 4 nitrogen and oxygen atoms in total. The Morgan fingerprint density at radius 2 is 2.00 bits per heavy atom. The Hall–Kier alpha value is -2.02. The first-order chi connectivity index (χ1) is 10.6. The number of benzene rings is 2. The van der Waals surface area contributed by atoms with E-state index < -0.39 is 18.5 Å². The van der Waals surface area contributed by atoms with Gasteiger partial charge in [-0.3, -0.25) is 4.79 Å². The molecule has 0 amide bonds. The second kappa shape index (κ2) is 6.00. The average molecular weight is 320 g/mol. The van der Waals surface area contributed by atoms with E-state index in [4.69, 9.17) is 9.84 Å². The quantitative estimate of drug-likeness (QED) is 0.724. The van der Waals surface area contributed by atoms with Gasteiger partial charge in [-0.15, -0.1) is 11.3 Å². The zero-order chi connectivity index (χ0) is 15.7. The molecule has 0 saturated carbocycles. The lowest BCUT2D eigenvalue weighted by Gasteiger charge is -2.12. The van der Waals surface area contributed by atoms with E-state index >= 15 is 0 Å². The van der Waals surface area contributed by atoms with Gasteiger partial charge < -0.3 is 14.9 Å². The fourth-order valence-electron chi connectivity index (χ4n) is 2.19. The first-order valence-electron chi connectivity index (χ1n) is 6.67. The van der Waals surface area contributed by atoms with E-state index in [0.29, 0.717) is 15.8 Å². The van der Waals surface area contributed by atoms with E-state index in [1.54, 1.807) is 24.3 Å². The fourth-order valence-corrected chi connectivity index (χ4v) is 3.35. The number of ether oxygens (including phenoxy) is 1. The zero-order valence-corrected chi connectivity index (χ0v) is 12.3. The molecular weight excluding hydrogens is 307 g/mol. The van der Waals surface area contributed by atoms with Crippen molar-refractivity contribution >= 4 is 31.5 Å². The molecule has 22 heavy (non-hydrogen) atoms. The summed E-state index contributed by atoms with van der Waals surface area (Å²) in [5.74, 6) is -0.284. The van der Waals surface area contributed by atoms with Crippen LogP contribution in [0.1, 0.15) is 0 Å². The van der Waals surface area contributed by atoms with Crippen LogP contribution in [0, 0.1) is 5.82 Å².